The minimum Gasteiger partial charge on any atom is -0.326 e. The van der Waals surface area contributed by atoms with Gasteiger partial charge in [0.25, 0.3) is 5.91 Å². The fourth-order valence-corrected chi connectivity index (χ4v) is 2.87. The third kappa shape index (κ3) is 2.74. The van der Waals surface area contributed by atoms with Crippen LogP contribution in [0.2, 0.25) is 0 Å². The van der Waals surface area contributed by atoms with E-state index in [-0.39, 0.29) is 5.91 Å². The Labute approximate surface area is 143 Å². The summed E-state index contributed by atoms with van der Waals surface area (Å²) < 4.78 is 1.59. The third-order valence-electron chi connectivity index (χ3n) is 3.99. The van der Waals surface area contributed by atoms with E-state index in [4.69, 9.17) is 0 Å². The standard InChI is InChI=1S/C17H15N7O/c1-11-14(16(25)20-13-7-3-2-4-8-13)15(12-6-5-9-18-10-12)24-17(19-11)21-22-23-24/h2-10,15H,1H3,(H,20,25)(H,19,21,23). The maximum atomic E-state index is 13.0. The Hall–Kier alpha value is -3.55. The van der Waals surface area contributed by atoms with Crippen molar-refractivity contribution in [3.05, 3.63) is 71.7 Å². The van der Waals surface area contributed by atoms with Crippen molar-refractivity contribution < 1.29 is 4.79 Å². The van der Waals surface area contributed by atoms with Crippen molar-refractivity contribution in [1.82, 2.24) is 25.2 Å². The Morgan fingerprint density at radius 1 is 1.20 bits per heavy atom. The lowest BCUT2D eigenvalue weighted by Crippen LogP contribution is -2.31. The number of anilines is 2. The highest BCUT2D eigenvalue weighted by atomic mass is 16.1. The summed E-state index contributed by atoms with van der Waals surface area (Å²) in [5, 5.41) is 17.7. The van der Waals surface area contributed by atoms with Crippen molar-refractivity contribution in [1.29, 1.82) is 0 Å². The van der Waals surface area contributed by atoms with Gasteiger partial charge in [0.1, 0.15) is 6.04 Å². The minimum atomic E-state index is -0.455. The largest absolute Gasteiger partial charge is 0.326 e. The number of rotatable bonds is 3. The number of tetrazole rings is 1. The molecule has 1 aliphatic rings. The fraction of sp³-hybridized carbons (Fsp3) is 0.118. The highest BCUT2D eigenvalue weighted by molar-refractivity contribution is 6.05. The van der Waals surface area contributed by atoms with Crippen molar-refractivity contribution in [2.45, 2.75) is 13.0 Å². The number of carbonyl (C=O) groups is 1. The van der Waals surface area contributed by atoms with Gasteiger partial charge in [-0.2, -0.15) is 4.68 Å². The van der Waals surface area contributed by atoms with E-state index in [1.54, 1.807) is 17.1 Å². The van der Waals surface area contributed by atoms with Gasteiger partial charge in [0.2, 0.25) is 5.95 Å². The Bertz CT molecular complexity index is 934. The van der Waals surface area contributed by atoms with Crippen LogP contribution >= 0.6 is 0 Å². The summed E-state index contributed by atoms with van der Waals surface area (Å²) in [5.74, 6) is 0.272. The highest BCUT2D eigenvalue weighted by Gasteiger charge is 2.34. The van der Waals surface area contributed by atoms with Crippen molar-refractivity contribution in [2.75, 3.05) is 10.6 Å². The smallest absolute Gasteiger partial charge is 0.255 e. The number of pyridine rings is 1. The summed E-state index contributed by atoms with van der Waals surface area (Å²) in [6.07, 6.45) is 3.40. The zero-order chi connectivity index (χ0) is 17.2. The Kier molecular flexibility index (Phi) is 3.70. The van der Waals surface area contributed by atoms with Crippen LogP contribution < -0.4 is 10.6 Å². The summed E-state index contributed by atoms with van der Waals surface area (Å²) in [4.78, 5) is 17.1. The van der Waals surface area contributed by atoms with Crippen LogP contribution in [-0.2, 0) is 4.79 Å². The Balaban J connectivity index is 1.77. The van der Waals surface area contributed by atoms with Crippen LogP contribution in [0.4, 0.5) is 11.6 Å². The monoisotopic (exact) mass is 333 g/mol. The molecule has 0 spiro atoms. The van der Waals surface area contributed by atoms with Crippen molar-refractivity contribution in [2.24, 2.45) is 0 Å². The molecule has 1 amide bonds. The Morgan fingerprint density at radius 3 is 2.80 bits per heavy atom. The topological polar surface area (TPSA) is 97.6 Å². The summed E-state index contributed by atoms with van der Waals surface area (Å²) in [6.45, 7) is 1.83. The fourth-order valence-electron chi connectivity index (χ4n) is 2.87. The SMILES string of the molecule is CC1=C(C(=O)Nc2ccccc2)C(c2cccnc2)n2nnnc2N1. The van der Waals surface area contributed by atoms with Gasteiger partial charge in [-0.05, 0) is 41.1 Å². The van der Waals surface area contributed by atoms with Gasteiger partial charge in [-0.1, -0.05) is 29.4 Å². The maximum absolute atomic E-state index is 13.0. The molecule has 25 heavy (non-hydrogen) atoms. The molecule has 124 valence electrons. The number of benzene rings is 1. The second kappa shape index (κ2) is 6.16. The summed E-state index contributed by atoms with van der Waals surface area (Å²) >= 11 is 0. The number of fused-ring (bicyclic) bond motifs is 1. The first-order valence-corrected chi connectivity index (χ1v) is 7.76. The number of aromatic nitrogens is 5. The molecule has 0 bridgehead atoms. The highest BCUT2D eigenvalue weighted by Crippen LogP contribution is 2.34. The van der Waals surface area contributed by atoms with Crippen LogP contribution in [0.5, 0.6) is 0 Å². The van der Waals surface area contributed by atoms with Crippen molar-refractivity contribution in [3.63, 3.8) is 0 Å². The molecule has 2 aromatic heterocycles. The molecular formula is C17H15N7O. The van der Waals surface area contributed by atoms with Crippen LogP contribution in [-0.4, -0.2) is 31.1 Å². The van der Waals surface area contributed by atoms with Crippen LogP contribution in [0.15, 0.2) is 66.1 Å². The van der Waals surface area contributed by atoms with Gasteiger partial charge in [-0.3, -0.25) is 9.78 Å². The average molecular weight is 333 g/mol. The molecule has 0 saturated carbocycles. The normalized spacial score (nSPS) is 16.1. The summed E-state index contributed by atoms with van der Waals surface area (Å²) in [6, 6.07) is 12.6. The van der Waals surface area contributed by atoms with Gasteiger partial charge in [0.05, 0.1) is 5.57 Å². The molecule has 2 N–H and O–H groups in total. The van der Waals surface area contributed by atoms with E-state index in [0.29, 0.717) is 17.2 Å². The first-order valence-electron chi connectivity index (χ1n) is 7.76. The predicted octanol–water partition coefficient (Wildman–Crippen LogP) is 2.00. The zero-order valence-corrected chi connectivity index (χ0v) is 13.4. The van der Waals surface area contributed by atoms with E-state index in [0.717, 1.165) is 11.3 Å². The van der Waals surface area contributed by atoms with E-state index >= 15 is 0 Å². The lowest BCUT2D eigenvalue weighted by atomic mass is 9.96. The van der Waals surface area contributed by atoms with Crippen LogP contribution in [0, 0.1) is 0 Å². The number of nitrogens with one attached hydrogen (secondary N) is 2. The first kappa shape index (κ1) is 15.0. The molecule has 0 saturated heterocycles. The molecule has 3 heterocycles. The van der Waals surface area contributed by atoms with Gasteiger partial charge in [-0.15, -0.1) is 0 Å². The van der Waals surface area contributed by atoms with E-state index < -0.39 is 6.04 Å². The van der Waals surface area contributed by atoms with Crippen LogP contribution in [0.1, 0.15) is 18.5 Å². The molecule has 0 fully saturated rings. The van der Waals surface area contributed by atoms with E-state index in [1.807, 2.05) is 49.4 Å². The van der Waals surface area contributed by atoms with Gasteiger partial charge in [0.15, 0.2) is 0 Å². The Morgan fingerprint density at radius 2 is 2.04 bits per heavy atom. The lowest BCUT2D eigenvalue weighted by Gasteiger charge is -2.27. The molecule has 4 rings (SSSR count). The second-order valence-electron chi connectivity index (χ2n) is 5.62. The van der Waals surface area contributed by atoms with Gasteiger partial charge in [-0.25, -0.2) is 0 Å². The number of allylic oxidation sites excluding steroid dienone is 1. The van der Waals surface area contributed by atoms with Crippen molar-refractivity contribution >= 4 is 17.5 Å². The van der Waals surface area contributed by atoms with E-state index in [1.165, 1.54) is 0 Å². The number of para-hydroxylation sites is 1. The molecule has 1 aliphatic heterocycles. The maximum Gasteiger partial charge on any atom is 0.255 e. The molecule has 0 aliphatic carbocycles. The molecule has 3 aromatic rings. The molecule has 8 heteroatoms. The number of hydrogen-bond acceptors (Lipinski definition) is 6. The number of carbonyl (C=O) groups excluding carboxylic acids is 1. The van der Waals surface area contributed by atoms with Crippen LogP contribution in [0.3, 0.4) is 0 Å². The molecule has 0 radical (unpaired) electrons. The molecule has 1 unspecified atom stereocenters. The van der Waals surface area contributed by atoms with Gasteiger partial charge in [0, 0.05) is 23.8 Å². The molecule has 1 aromatic carbocycles. The molecular weight excluding hydrogens is 318 g/mol. The van der Waals surface area contributed by atoms with E-state index in [9.17, 15) is 4.79 Å². The first-order chi connectivity index (χ1) is 12.2. The minimum absolute atomic E-state index is 0.216. The lowest BCUT2D eigenvalue weighted by molar-refractivity contribution is -0.113. The quantitative estimate of drug-likeness (QED) is 0.761. The van der Waals surface area contributed by atoms with E-state index in [2.05, 4.69) is 31.1 Å². The van der Waals surface area contributed by atoms with Crippen LogP contribution in [0.25, 0.3) is 0 Å². The molecule has 1 atom stereocenters. The number of nitrogens with zero attached hydrogens (tertiary/aromatic N) is 5. The van der Waals surface area contributed by atoms with Gasteiger partial charge >= 0.3 is 0 Å². The second-order valence-corrected chi connectivity index (χ2v) is 5.62. The number of hydrogen-bond donors (Lipinski definition) is 2. The zero-order valence-electron chi connectivity index (χ0n) is 13.4. The van der Waals surface area contributed by atoms with Gasteiger partial charge < -0.3 is 10.6 Å². The average Bonchev–Trinajstić information content (AvgIpc) is 3.10. The summed E-state index contributed by atoms with van der Waals surface area (Å²) in [5.41, 5.74) is 2.79. The molecule has 8 nitrogen and oxygen atoms in total. The van der Waals surface area contributed by atoms with Crippen molar-refractivity contribution in [3.8, 4) is 0 Å². The third-order valence-corrected chi connectivity index (χ3v) is 3.99. The summed E-state index contributed by atoms with van der Waals surface area (Å²) in [7, 11) is 0. The predicted molar refractivity (Wildman–Crippen MR) is 91.6 cm³/mol. The number of amides is 1.